The molecule has 4 aromatic rings. The number of ether oxygens (including phenoxy) is 2. The molecule has 5 rings (SSSR count). The molecule has 1 aliphatic heterocycles. The van der Waals surface area contributed by atoms with E-state index in [0.29, 0.717) is 47.7 Å². The number of H-pyrrole nitrogens is 1. The molecule has 0 amide bonds. The van der Waals surface area contributed by atoms with Crippen LogP contribution < -0.4 is 10.1 Å². The van der Waals surface area contributed by atoms with Crippen molar-refractivity contribution in [2.45, 2.75) is 6.10 Å². The number of hydrogen-bond donors (Lipinski definition) is 2. The number of fused-ring (bicyclic) bond motifs is 1. The summed E-state index contributed by atoms with van der Waals surface area (Å²) in [6.45, 7) is 2.07. The number of nitrogens with one attached hydrogen (secondary N) is 2. The van der Waals surface area contributed by atoms with Crippen LogP contribution in [0.5, 0.6) is 11.8 Å². The van der Waals surface area contributed by atoms with E-state index < -0.39 is 0 Å². The van der Waals surface area contributed by atoms with Gasteiger partial charge in [0.05, 0.1) is 12.8 Å². The molecule has 1 fully saturated rings. The third kappa shape index (κ3) is 3.11. The van der Waals surface area contributed by atoms with E-state index in [0.717, 1.165) is 6.54 Å². The summed E-state index contributed by atoms with van der Waals surface area (Å²) >= 11 is 0. The topological polar surface area (TPSA) is 116 Å². The van der Waals surface area contributed by atoms with E-state index in [-0.39, 0.29) is 6.10 Å². The number of morpholine rings is 1. The summed E-state index contributed by atoms with van der Waals surface area (Å²) in [6.07, 6.45) is 6.53. The molecule has 0 saturated carbocycles. The SMILES string of the molecule is c1cncc(Oc2nc3c(C4CNCCO4)nc(-n4cccn4)nc3[nH]2)c1. The van der Waals surface area contributed by atoms with E-state index in [1.807, 2.05) is 6.07 Å². The fraction of sp³-hybridized carbons (Fsp3) is 0.235. The van der Waals surface area contributed by atoms with Gasteiger partial charge in [-0.25, -0.2) is 9.67 Å². The molecule has 10 nitrogen and oxygen atoms in total. The summed E-state index contributed by atoms with van der Waals surface area (Å²) < 4.78 is 13.2. The summed E-state index contributed by atoms with van der Waals surface area (Å²) in [7, 11) is 0. The molecule has 0 aromatic carbocycles. The van der Waals surface area contributed by atoms with Gasteiger partial charge in [-0.15, -0.1) is 0 Å². The van der Waals surface area contributed by atoms with Crippen molar-refractivity contribution < 1.29 is 9.47 Å². The molecule has 4 aromatic heterocycles. The highest BCUT2D eigenvalue weighted by Gasteiger charge is 2.24. The quantitative estimate of drug-likeness (QED) is 0.558. The van der Waals surface area contributed by atoms with Crippen LogP contribution in [0.2, 0.25) is 0 Å². The zero-order valence-electron chi connectivity index (χ0n) is 14.2. The van der Waals surface area contributed by atoms with Gasteiger partial charge >= 0.3 is 6.01 Å². The van der Waals surface area contributed by atoms with Crippen LogP contribution in [0.4, 0.5) is 0 Å². The zero-order chi connectivity index (χ0) is 18.1. The highest BCUT2D eigenvalue weighted by Crippen LogP contribution is 2.27. The fourth-order valence-electron chi connectivity index (χ4n) is 2.91. The van der Waals surface area contributed by atoms with Crippen LogP contribution in [-0.2, 0) is 4.74 Å². The molecule has 0 aliphatic carbocycles. The molecule has 0 radical (unpaired) electrons. The van der Waals surface area contributed by atoms with E-state index in [9.17, 15) is 0 Å². The minimum Gasteiger partial charge on any atom is -0.424 e. The Morgan fingerprint density at radius 1 is 1.19 bits per heavy atom. The predicted octanol–water partition coefficient (Wildman–Crippen LogP) is 1.39. The van der Waals surface area contributed by atoms with E-state index in [4.69, 9.17) is 9.47 Å². The average Bonchev–Trinajstić information content (AvgIpc) is 3.38. The van der Waals surface area contributed by atoms with Gasteiger partial charge in [0.2, 0.25) is 0 Å². The van der Waals surface area contributed by atoms with Gasteiger partial charge < -0.3 is 14.8 Å². The maximum absolute atomic E-state index is 5.88. The van der Waals surface area contributed by atoms with Crippen LogP contribution >= 0.6 is 0 Å². The maximum Gasteiger partial charge on any atom is 0.301 e. The van der Waals surface area contributed by atoms with Crippen LogP contribution in [0.1, 0.15) is 11.8 Å². The van der Waals surface area contributed by atoms with Crippen molar-refractivity contribution >= 4 is 11.2 Å². The molecule has 0 spiro atoms. The molecule has 5 heterocycles. The van der Waals surface area contributed by atoms with Crippen LogP contribution in [-0.4, -0.2) is 54.4 Å². The first-order valence-corrected chi connectivity index (χ1v) is 8.55. The van der Waals surface area contributed by atoms with Crippen molar-refractivity contribution in [3.8, 4) is 17.7 Å². The third-order valence-electron chi connectivity index (χ3n) is 4.13. The predicted molar refractivity (Wildman–Crippen MR) is 94.7 cm³/mol. The van der Waals surface area contributed by atoms with Gasteiger partial charge in [-0.1, -0.05) is 0 Å². The monoisotopic (exact) mass is 364 g/mol. The van der Waals surface area contributed by atoms with Crippen LogP contribution in [0.3, 0.4) is 0 Å². The number of hydrogen-bond acceptors (Lipinski definition) is 8. The standard InChI is InChI=1S/C17H16N8O2/c1-3-11(9-18-4-1)27-17-22-14-13(12-10-19-6-8-26-12)21-16(23-15(14)24-17)25-7-2-5-20-25/h1-5,7,9,12,19H,6,8,10H2,(H,21,22,23,24). The largest absolute Gasteiger partial charge is 0.424 e. The maximum atomic E-state index is 5.88. The Kier molecular flexibility index (Phi) is 3.96. The molecule has 1 unspecified atom stereocenters. The summed E-state index contributed by atoms with van der Waals surface area (Å²) in [6, 6.07) is 5.72. The highest BCUT2D eigenvalue weighted by atomic mass is 16.5. The van der Waals surface area contributed by atoms with Crippen molar-refractivity contribution in [3.05, 3.63) is 48.7 Å². The number of aromatic nitrogens is 7. The number of imidazole rings is 1. The van der Waals surface area contributed by atoms with Gasteiger partial charge in [-0.3, -0.25) is 9.97 Å². The lowest BCUT2D eigenvalue weighted by Crippen LogP contribution is -2.34. The molecule has 1 aliphatic rings. The molecule has 27 heavy (non-hydrogen) atoms. The normalized spacial score (nSPS) is 17.3. The Bertz CT molecular complexity index is 1040. The van der Waals surface area contributed by atoms with Gasteiger partial charge in [0.1, 0.15) is 23.1 Å². The highest BCUT2D eigenvalue weighted by molar-refractivity contribution is 5.75. The van der Waals surface area contributed by atoms with Crippen molar-refractivity contribution in [3.63, 3.8) is 0 Å². The smallest absolute Gasteiger partial charge is 0.301 e. The summed E-state index contributed by atoms with van der Waals surface area (Å²) in [4.78, 5) is 20.9. The van der Waals surface area contributed by atoms with E-state index in [1.165, 1.54) is 0 Å². The minimum atomic E-state index is -0.229. The van der Waals surface area contributed by atoms with Gasteiger partial charge in [-0.2, -0.15) is 15.1 Å². The molecular formula is C17H16N8O2. The van der Waals surface area contributed by atoms with Gasteiger partial charge in [0, 0.05) is 31.7 Å². The lowest BCUT2D eigenvalue weighted by atomic mass is 10.2. The average molecular weight is 364 g/mol. The molecular weight excluding hydrogens is 348 g/mol. The Balaban J connectivity index is 1.60. The first-order chi connectivity index (χ1) is 13.4. The number of nitrogens with zero attached hydrogens (tertiary/aromatic N) is 6. The molecule has 1 saturated heterocycles. The molecule has 136 valence electrons. The number of rotatable bonds is 4. The van der Waals surface area contributed by atoms with Gasteiger partial charge in [0.15, 0.2) is 5.65 Å². The summed E-state index contributed by atoms with van der Waals surface area (Å²) in [5.74, 6) is 1.02. The van der Waals surface area contributed by atoms with Crippen LogP contribution in [0.25, 0.3) is 17.1 Å². The Morgan fingerprint density at radius 3 is 2.96 bits per heavy atom. The molecule has 1 atom stereocenters. The fourth-order valence-corrected chi connectivity index (χ4v) is 2.91. The van der Waals surface area contributed by atoms with Crippen molar-refractivity contribution in [1.29, 1.82) is 0 Å². The summed E-state index contributed by atoms with van der Waals surface area (Å²) in [5.41, 5.74) is 1.85. The molecule has 10 heteroatoms. The van der Waals surface area contributed by atoms with Gasteiger partial charge in [-0.05, 0) is 18.2 Å². The Morgan fingerprint density at radius 2 is 2.19 bits per heavy atom. The second-order valence-electron chi connectivity index (χ2n) is 5.95. The molecule has 2 N–H and O–H groups in total. The molecule has 0 bridgehead atoms. The second-order valence-corrected chi connectivity index (χ2v) is 5.95. The van der Waals surface area contributed by atoms with E-state index in [1.54, 1.807) is 41.6 Å². The van der Waals surface area contributed by atoms with Crippen LogP contribution in [0, 0.1) is 0 Å². The van der Waals surface area contributed by atoms with Crippen LogP contribution in [0.15, 0.2) is 43.0 Å². The van der Waals surface area contributed by atoms with Crippen molar-refractivity contribution in [2.75, 3.05) is 19.7 Å². The number of pyridine rings is 1. The first kappa shape index (κ1) is 15.9. The van der Waals surface area contributed by atoms with E-state index >= 15 is 0 Å². The van der Waals surface area contributed by atoms with Crippen molar-refractivity contribution in [1.82, 2.24) is 40.0 Å². The van der Waals surface area contributed by atoms with Crippen molar-refractivity contribution in [2.24, 2.45) is 0 Å². The second kappa shape index (κ2) is 6.74. The lowest BCUT2D eigenvalue weighted by Gasteiger charge is -2.23. The van der Waals surface area contributed by atoms with Gasteiger partial charge in [0.25, 0.3) is 5.95 Å². The lowest BCUT2D eigenvalue weighted by molar-refractivity contribution is 0.0258. The number of aromatic amines is 1. The summed E-state index contributed by atoms with van der Waals surface area (Å²) in [5, 5.41) is 7.53. The Labute approximate surface area is 153 Å². The minimum absolute atomic E-state index is 0.229. The first-order valence-electron chi connectivity index (χ1n) is 8.55. The third-order valence-corrected chi connectivity index (χ3v) is 4.13. The zero-order valence-corrected chi connectivity index (χ0v) is 14.2. The Hall–Kier alpha value is -3.37. The van der Waals surface area contributed by atoms with E-state index in [2.05, 4.69) is 35.3 Å².